The number of nitrogens with zero attached hydrogens (tertiary/aromatic N) is 3. The number of H-pyrrole nitrogens is 1. The van der Waals surface area contributed by atoms with Gasteiger partial charge in [0.25, 0.3) is 5.91 Å². The summed E-state index contributed by atoms with van der Waals surface area (Å²) in [7, 11) is 0. The third kappa shape index (κ3) is 3.71. The molecule has 2 unspecified atom stereocenters. The molecule has 0 radical (unpaired) electrons. The average Bonchev–Trinajstić information content (AvgIpc) is 3.37. The van der Waals surface area contributed by atoms with Crippen LogP contribution in [-0.4, -0.2) is 38.9 Å². The summed E-state index contributed by atoms with van der Waals surface area (Å²) in [4.78, 5) is 47.7. The van der Waals surface area contributed by atoms with Crippen molar-refractivity contribution in [1.82, 2.24) is 14.9 Å². The van der Waals surface area contributed by atoms with Crippen molar-refractivity contribution < 1.29 is 19.0 Å². The highest BCUT2D eigenvalue weighted by molar-refractivity contribution is 6.44. The molecule has 1 N–H and O–H groups in total. The fourth-order valence-electron chi connectivity index (χ4n) is 3.77. The van der Waals surface area contributed by atoms with Crippen LogP contribution >= 0.6 is 0 Å². The van der Waals surface area contributed by atoms with Gasteiger partial charge < -0.3 is 4.90 Å². The highest BCUT2D eigenvalue weighted by atomic mass is 16.2. The Labute approximate surface area is 168 Å². The number of carbonyl (C=O) groups excluding carboxylic acids is 3. The van der Waals surface area contributed by atoms with Gasteiger partial charge in [-0.05, 0) is 12.1 Å². The van der Waals surface area contributed by atoms with Crippen LogP contribution in [0.2, 0.25) is 0 Å². The van der Waals surface area contributed by atoms with Crippen molar-refractivity contribution >= 4 is 17.5 Å². The summed E-state index contributed by atoms with van der Waals surface area (Å²) in [6.45, 7) is 1.05. The molecule has 29 heavy (non-hydrogen) atoms. The number of amides is 1. The van der Waals surface area contributed by atoms with Gasteiger partial charge in [0, 0.05) is 24.7 Å². The van der Waals surface area contributed by atoms with Crippen molar-refractivity contribution in [1.29, 1.82) is 0 Å². The van der Waals surface area contributed by atoms with E-state index in [0.29, 0.717) is 30.8 Å². The monoisotopic (exact) mass is 389 g/mol. The van der Waals surface area contributed by atoms with Crippen LogP contribution < -0.4 is 4.57 Å². The molecule has 1 amide bonds. The van der Waals surface area contributed by atoms with Gasteiger partial charge in [0.05, 0.1) is 18.3 Å². The highest BCUT2D eigenvalue weighted by Gasteiger charge is 2.51. The molecule has 1 aliphatic heterocycles. The molecule has 7 nitrogen and oxygen atoms in total. The van der Waals surface area contributed by atoms with Crippen molar-refractivity contribution in [2.75, 3.05) is 6.54 Å². The van der Waals surface area contributed by atoms with Crippen LogP contribution in [0.1, 0.15) is 28.5 Å². The van der Waals surface area contributed by atoms with Crippen LogP contribution in [0.25, 0.3) is 0 Å². The molecule has 4 rings (SSSR count). The van der Waals surface area contributed by atoms with Crippen LogP contribution in [-0.2, 0) is 16.1 Å². The minimum Gasteiger partial charge on any atom is -0.326 e. The number of benzene rings is 1. The van der Waals surface area contributed by atoms with E-state index >= 15 is 0 Å². The Bertz CT molecular complexity index is 1000. The number of Topliss-reactive ketones (excluding diaryl/α,β-unsaturated/α-hetero) is 2. The predicted molar refractivity (Wildman–Crippen MR) is 104 cm³/mol. The molecular formula is C22H21N4O3+. The van der Waals surface area contributed by atoms with Crippen LogP contribution in [0, 0.1) is 5.92 Å². The van der Waals surface area contributed by atoms with Gasteiger partial charge in [0.1, 0.15) is 18.3 Å². The molecular weight excluding hydrogens is 368 g/mol. The van der Waals surface area contributed by atoms with Gasteiger partial charge in [-0.2, -0.15) is 0 Å². The Kier molecular flexibility index (Phi) is 5.29. The molecule has 2 atom stereocenters. The zero-order chi connectivity index (χ0) is 20.2. The fraction of sp³-hybridized carbons (Fsp3) is 0.227. The average molecular weight is 389 g/mol. The number of likely N-dealkylation sites (tertiary alicyclic amines) is 1. The smallest absolute Gasteiger partial charge is 0.291 e. The maximum atomic E-state index is 13.2. The van der Waals surface area contributed by atoms with Crippen LogP contribution in [0.15, 0.2) is 73.4 Å². The second-order valence-corrected chi connectivity index (χ2v) is 6.97. The molecule has 0 saturated carbocycles. The lowest BCUT2D eigenvalue weighted by Gasteiger charge is -2.26. The number of aryl methyl sites for hydroxylation is 1. The molecule has 0 spiro atoms. The quantitative estimate of drug-likeness (QED) is 0.289. The van der Waals surface area contributed by atoms with Crippen molar-refractivity contribution in [3.8, 4) is 0 Å². The van der Waals surface area contributed by atoms with Crippen molar-refractivity contribution in [3.05, 3.63) is 84.7 Å². The lowest BCUT2D eigenvalue weighted by molar-refractivity contribution is -0.695. The van der Waals surface area contributed by atoms with Gasteiger partial charge in [0.2, 0.25) is 12.1 Å². The molecule has 0 aliphatic carbocycles. The number of aromatic amines is 1. The van der Waals surface area contributed by atoms with Gasteiger partial charge in [0.15, 0.2) is 5.78 Å². The van der Waals surface area contributed by atoms with Gasteiger partial charge in [-0.15, -0.1) is 0 Å². The van der Waals surface area contributed by atoms with E-state index in [-0.39, 0.29) is 5.78 Å². The Balaban J connectivity index is 1.64. The zero-order valence-corrected chi connectivity index (χ0v) is 15.8. The van der Waals surface area contributed by atoms with E-state index in [9.17, 15) is 14.4 Å². The summed E-state index contributed by atoms with van der Waals surface area (Å²) in [5.74, 6) is -2.71. The summed E-state index contributed by atoms with van der Waals surface area (Å²) in [6.07, 6.45) is 7.80. The van der Waals surface area contributed by atoms with E-state index in [0.717, 1.165) is 0 Å². The molecule has 3 heterocycles. The first-order valence-electron chi connectivity index (χ1n) is 9.53. The third-order valence-corrected chi connectivity index (χ3v) is 5.16. The molecule has 0 bridgehead atoms. The largest absolute Gasteiger partial charge is 0.326 e. The number of carbonyl (C=O) groups is 3. The number of ketones is 2. The standard InChI is InChI=1S/C22H20N4O3/c27-20(16-7-2-1-3-8-16)18-19(17-9-4-5-10-24-17)26(22(29)21(18)28)13-6-12-25-14-11-23-15-25/h1-5,7-11,14-15,18-19H,6,12-13H2/p+1. The summed E-state index contributed by atoms with van der Waals surface area (Å²) in [5.41, 5.74) is 0.972. The Hall–Kier alpha value is -3.61. The second kappa shape index (κ2) is 8.18. The number of hydrogen-bond donors (Lipinski definition) is 1. The van der Waals surface area contributed by atoms with Crippen molar-refractivity contribution in [3.63, 3.8) is 0 Å². The van der Waals surface area contributed by atoms with E-state index < -0.39 is 23.7 Å². The van der Waals surface area contributed by atoms with Crippen molar-refractivity contribution in [2.45, 2.75) is 19.0 Å². The molecule has 1 fully saturated rings. The van der Waals surface area contributed by atoms with Crippen LogP contribution in [0.3, 0.4) is 0 Å². The first-order valence-corrected chi connectivity index (χ1v) is 9.53. The fourth-order valence-corrected chi connectivity index (χ4v) is 3.77. The lowest BCUT2D eigenvalue weighted by Crippen LogP contribution is -2.36. The molecule has 2 aromatic heterocycles. The van der Waals surface area contributed by atoms with Crippen molar-refractivity contribution in [2.24, 2.45) is 5.92 Å². The van der Waals surface area contributed by atoms with E-state index in [2.05, 4.69) is 9.97 Å². The minimum absolute atomic E-state index is 0.345. The highest BCUT2D eigenvalue weighted by Crippen LogP contribution is 2.37. The zero-order valence-electron chi connectivity index (χ0n) is 15.8. The van der Waals surface area contributed by atoms with Gasteiger partial charge in [-0.25, -0.2) is 4.57 Å². The molecule has 7 heteroatoms. The number of imidazole rings is 1. The van der Waals surface area contributed by atoms with Gasteiger partial charge in [-0.1, -0.05) is 36.4 Å². The molecule has 3 aromatic rings. The maximum absolute atomic E-state index is 13.2. The number of aromatic nitrogens is 3. The summed E-state index contributed by atoms with van der Waals surface area (Å²) in [6, 6.07) is 13.3. The molecule has 1 saturated heterocycles. The summed E-state index contributed by atoms with van der Waals surface area (Å²) < 4.78 is 1.96. The third-order valence-electron chi connectivity index (χ3n) is 5.16. The number of rotatable bonds is 7. The summed E-state index contributed by atoms with van der Waals surface area (Å²) in [5, 5.41) is 0. The molecule has 146 valence electrons. The first kappa shape index (κ1) is 18.7. The SMILES string of the molecule is O=C1C(=O)N(CCC[n+]2cc[nH]c2)C(c2ccccn2)C1C(=O)c1ccccc1. The maximum Gasteiger partial charge on any atom is 0.291 e. The Morgan fingerprint density at radius 3 is 2.59 bits per heavy atom. The van der Waals surface area contributed by atoms with E-state index in [1.807, 2.05) is 23.3 Å². The van der Waals surface area contributed by atoms with Crippen LogP contribution in [0.4, 0.5) is 0 Å². The Morgan fingerprint density at radius 1 is 1.10 bits per heavy atom. The van der Waals surface area contributed by atoms with E-state index in [1.165, 1.54) is 4.90 Å². The van der Waals surface area contributed by atoms with Crippen LogP contribution in [0.5, 0.6) is 0 Å². The number of pyridine rings is 1. The number of hydrogen-bond acceptors (Lipinski definition) is 4. The predicted octanol–water partition coefficient (Wildman–Crippen LogP) is 1.74. The molecule has 1 aromatic carbocycles. The lowest BCUT2D eigenvalue weighted by atomic mass is 9.88. The normalized spacial score (nSPS) is 19.0. The minimum atomic E-state index is -1.08. The molecule has 1 aliphatic rings. The van der Waals surface area contributed by atoms with E-state index in [4.69, 9.17) is 0 Å². The second-order valence-electron chi connectivity index (χ2n) is 6.97. The van der Waals surface area contributed by atoms with E-state index in [1.54, 1.807) is 54.7 Å². The Morgan fingerprint density at radius 2 is 1.90 bits per heavy atom. The van der Waals surface area contributed by atoms with Gasteiger partial charge >= 0.3 is 0 Å². The number of nitrogens with one attached hydrogen (secondary N) is 1. The topological polar surface area (TPSA) is 87.0 Å². The summed E-state index contributed by atoms with van der Waals surface area (Å²) >= 11 is 0. The first-order chi connectivity index (χ1) is 14.2. The van der Waals surface area contributed by atoms with Gasteiger partial charge in [-0.3, -0.25) is 24.4 Å².